The smallest absolute Gasteiger partial charge is 0.409 e. The van der Waals surface area contributed by atoms with Crippen LogP contribution >= 0.6 is 0 Å². The minimum Gasteiger partial charge on any atom is -0.447 e. The molecule has 2 aromatic heterocycles. The zero-order chi connectivity index (χ0) is 17.5. The summed E-state index contributed by atoms with van der Waals surface area (Å²) in [5.41, 5.74) is 1.13. The van der Waals surface area contributed by atoms with Crippen LogP contribution in [0.15, 0.2) is 36.9 Å². The lowest BCUT2D eigenvalue weighted by Gasteiger charge is -2.32. The number of hydrogen-bond acceptors (Lipinski definition) is 5. The third-order valence-corrected chi connectivity index (χ3v) is 4.38. The molecule has 7 heteroatoms. The Morgan fingerprint density at radius 1 is 1.36 bits per heavy atom. The summed E-state index contributed by atoms with van der Waals surface area (Å²) in [7, 11) is 1.59. The van der Waals surface area contributed by atoms with Crippen molar-refractivity contribution < 1.29 is 14.3 Å². The largest absolute Gasteiger partial charge is 0.447 e. The molecule has 1 fully saturated rings. The second-order valence-electron chi connectivity index (χ2n) is 6.17. The van der Waals surface area contributed by atoms with Gasteiger partial charge in [-0.05, 0) is 24.5 Å². The van der Waals surface area contributed by atoms with Crippen LogP contribution in [0, 0.1) is 0 Å². The average Bonchev–Trinajstić information content (AvgIpc) is 3.11. The third-order valence-electron chi connectivity index (χ3n) is 4.38. The van der Waals surface area contributed by atoms with E-state index in [1.807, 2.05) is 24.7 Å². The van der Waals surface area contributed by atoms with E-state index in [4.69, 9.17) is 9.47 Å². The Hall–Kier alpha value is -2.41. The van der Waals surface area contributed by atoms with E-state index in [1.54, 1.807) is 18.2 Å². The fourth-order valence-electron chi connectivity index (χ4n) is 3.16. The van der Waals surface area contributed by atoms with E-state index in [2.05, 4.69) is 20.6 Å². The lowest BCUT2D eigenvalue weighted by Crippen LogP contribution is -2.40. The number of aromatic nitrogens is 3. The van der Waals surface area contributed by atoms with E-state index >= 15 is 0 Å². The van der Waals surface area contributed by atoms with Crippen LogP contribution in [0.1, 0.15) is 30.1 Å². The Labute approximate surface area is 147 Å². The summed E-state index contributed by atoms with van der Waals surface area (Å²) in [5, 5.41) is 0. The number of methoxy groups -OCH3 is 1. The molecule has 1 saturated heterocycles. The first-order valence-corrected chi connectivity index (χ1v) is 8.58. The molecule has 7 nitrogen and oxygen atoms in total. The Morgan fingerprint density at radius 2 is 2.28 bits per heavy atom. The summed E-state index contributed by atoms with van der Waals surface area (Å²) in [6.07, 6.45) is 9.14. The number of rotatable bonds is 6. The molecule has 0 spiro atoms. The van der Waals surface area contributed by atoms with Crippen molar-refractivity contribution in [3.63, 3.8) is 0 Å². The van der Waals surface area contributed by atoms with Crippen molar-refractivity contribution in [3.05, 3.63) is 48.3 Å². The zero-order valence-electron chi connectivity index (χ0n) is 14.5. The monoisotopic (exact) mass is 344 g/mol. The van der Waals surface area contributed by atoms with E-state index < -0.39 is 0 Å². The summed E-state index contributed by atoms with van der Waals surface area (Å²) in [4.78, 5) is 22.7. The minimum atomic E-state index is -0.271. The molecule has 1 amide bonds. The number of carbonyl (C=O) groups excluding carboxylic acids is 1. The standard InChI is InChI=1S/C18H24N4O3/c1-24-10-11-25-18(23)22-8-3-5-16(14-22)17-20-7-9-21(17)13-15-4-2-6-19-12-15/h2,4,6-7,9,12,16H,3,5,8,10-11,13-14H2,1H3. The number of carbonyl (C=O) groups is 1. The highest BCUT2D eigenvalue weighted by Gasteiger charge is 2.28. The Kier molecular flexibility index (Phi) is 6.00. The molecule has 1 atom stereocenters. The van der Waals surface area contributed by atoms with Crippen LogP contribution in [0.3, 0.4) is 0 Å². The van der Waals surface area contributed by atoms with Gasteiger partial charge in [-0.3, -0.25) is 4.98 Å². The lowest BCUT2D eigenvalue weighted by molar-refractivity contribution is 0.0646. The van der Waals surface area contributed by atoms with Gasteiger partial charge >= 0.3 is 6.09 Å². The summed E-state index contributed by atoms with van der Waals surface area (Å²) in [6, 6.07) is 3.99. The van der Waals surface area contributed by atoms with E-state index in [0.29, 0.717) is 13.2 Å². The van der Waals surface area contributed by atoms with Gasteiger partial charge in [-0.1, -0.05) is 6.07 Å². The molecule has 0 aliphatic carbocycles. The van der Waals surface area contributed by atoms with Gasteiger partial charge in [-0.2, -0.15) is 0 Å². The molecule has 3 heterocycles. The predicted octanol–water partition coefficient (Wildman–Crippen LogP) is 2.29. The molecule has 0 radical (unpaired) electrons. The normalized spacial score (nSPS) is 17.5. The van der Waals surface area contributed by atoms with Crippen molar-refractivity contribution in [2.45, 2.75) is 25.3 Å². The Balaban J connectivity index is 1.64. The molecule has 25 heavy (non-hydrogen) atoms. The summed E-state index contributed by atoms with van der Waals surface area (Å²) in [6.45, 7) is 2.80. The molecule has 0 N–H and O–H groups in total. The molecular weight excluding hydrogens is 320 g/mol. The van der Waals surface area contributed by atoms with Gasteiger partial charge in [0.05, 0.1) is 13.2 Å². The van der Waals surface area contributed by atoms with E-state index in [0.717, 1.165) is 37.3 Å². The van der Waals surface area contributed by atoms with Crippen molar-refractivity contribution >= 4 is 6.09 Å². The highest BCUT2D eigenvalue weighted by atomic mass is 16.6. The molecule has 1 aliphatic rings. The third kappa shape index (κ3) is 4.57. The highest BCUT2D eigenvalue weighted by molar-refractivity contribution is 5.67. The maximum absolute atomic E-state index is 12.2. The molecule has 1 unspecified atom stereocenters. The number of likely N-dealkylation sites (tertiary alicyclic amines) is 1. The molecule has 0 aromatic carbocycles. The quantitative estimate of drug-likeness (QED) is 0.752. The van der Waals surface area contributed by atoms with E-state index in [-0.39, 0.29) is 18.6 Å². The Bertz CT molecular complexity index is 674. The maximum atomic E-state index is 12.2. The number of pyridine rings is 1. The zero-order valence-corrected chi connectivity index (χ0v) is 14.5. The number of amides is 1. The molecule has 134 valence electrons. The first kappa shape index (κ1) is 17.4. The topological polar surface area (TPSA) is 69.5 Å². The fraction of sp³-hybridized carbons (Fsp3) is 0.500. The van der Waals surface area contributed by atoms with Crippen LogP contribution in [0.25, 0.3) is 0 Å². The molecule has 2 aromatic rings. The molecular formula is C18H24N4O3. The van der Waals surface area contributed by atoms with Crippen LogP contribution in [0.2, 0.25) is 0 Å². The van der Waals surface area contributed by atoms with Gasteiger partial charge in [-0.25, -0.2) is 9.78 Å². The SMILES string of the molecule is COCCOC(=O)N1CCCC(c2nccn2Cc2cccnc2)C1. The van der Waals surface area contributed by atoms with Gasteiger partial charge in [0.15, 0.2) is 0 Å². The number of imidazole rings is 1. The molecule has 1 aliphatic heterocycles. The highest BCUT2D eigenvalue weighted by Crippen LogP contribution is 2.26. The van der Waals surface area contributed by atoms with E-state index in [1.165, 1.54) is 0 Å². The first-order chi connectivity index (χ1) is 12.3. The van der Waals surface area contributed by atoms with Crippen LogP contribution in [0.5, 0.6) is 0 Å². The van der Waals surface area contributed by atoms with Crippen LogP contribution in [-0.4, -0.2) is 58.9 Å². The van der Waals surface area contributed by atoms with Crippen LogP contribution in [-0.2, 0) is 16.0 Å². The lowest BCUT2D eigenvalue weighted by atomic mass is 9.97. The predicted molar refractivity (Wildman–Crippen MR) is 92.3 cm³/mol. The summed E-state index contributed by atoms with van der Waals surface area (Å²) < 4.78 is 12.3. The summed E-state index contributed by atoms with van der Waals surface area (Å²) >= 11 is 0. The molecule has 0 saturated carbocycles. The maximum Gasteiger partial charge on any atom is 0.409 e. The average molecular weight is 344 g/mol. The fourth-order valence-corrected chi connectivity index (χ4v) is 3.16. The van der Waals surface area contributed by atoms with Crippen LogP contribution in [0.4, 0.5) is 4.79 Å². The van der Waals surface area contributed by atoms with E-state index in [9.17, 15) is 4.79 Å². The number of ether oxygens (including phenoxy) is 2. The van der Waals surface area contributed by atoms with Gasteiger partial charge in [-0.15, -0.1) is 0 Å². The van der Waals surface area contributed by atoms with Gasteiger partial charge in [0.25, 0.3) is 0 Å². The van der Waals surface area contributed by atoms with Gasteiger partial charge < -0.3 is 18.9 Å². The van der Waals surface area contributed by atoms with Gasteiger partial charge in [0, 0.05) is 50.9 Å². The van der Waals surface area contributed by atoms with Crippen molar-refractivity contribution in [1.82, 2.24) is 19.4 Å². The summed E-state index contributed by atoms with van der Waals surface area (Å²) in [5.74, 6) is 1.23. The Morgan fingerprint density at radius 3 is 3.08 bits per heavy atom. The van der Waals surface area contributed by atoms with Crippen LogP contribution < -0.4 is 0 Å². The van der Waals surface area contributed by atoms with Gasteiger partial charge in [0.1, 0.15) is 12.4 Å². The van der Waals surface area contributed by atoms with Crippen molar-refractivity contribution in [1.29, 1.82) is 0 Å². The molecule has 0 bridgehead atoms. The van der Waals surface area contributed by atoms with Gasteiger partial charge in [0.2, 0.25) is 0 Å². The first-order valence-electron chi connectivity index (χ1n) is 8.58. The van der Waals surface area contributed by atoms with Crippen molar-refractivity contribution in [2.75, 3.05) is 33.4 Å². The molecule has 3 rings (SSSR count). The number of piperidine rings is 1. The van der Waals surface area contributed by atoms with Crippen molar-refractivity contribution in [2.24, 2.45) is 0 Å². The minimum absolute atomic E-state index is 0.218. The second-order valence-corrected chi connectivity index (χ2v) is 6.17. The number of hydrogen-bond donors (Lipinski definition) is 0. The second kappa shape index (κ2) is 8.62. The number of nitrogens with zero attached hydrogens (tertiary/aromatic N) is 4. The van der Waals surface area contributed by atoms with Crippen molar-refractivity contribution in [3.8, 4) is 0 Å².